The molecule has 132 valence electrons. The Morgan fingerprint density at radius 1 is 1.31 bits per heavy atom. The number of thioether (sulfide) groups is 1. The summed E-state index contributed by atoms with van der Waals surface area (Å²) in [5.74, 6) is 1.96. The minimum Gasteiger partial charge on any atom is -0.497 e. The number of benzene rings is 1. The number of hydrogen-bond acceptors (Lipinski definition) is 7. The number of ether oxygens (including phenoxy) is 1. The molecule has 0 fully saturated rings. The Labute approximate surface area is 157 Å². The molecule has 1 aromatic carbocycles. The summed E-state index contributed by atoms with van der Waals surface area (Å²) in [5.41, 5.74) is 2.46. The fourth-order valence-electron chi connectivity index (χ4n) is 2.52. The maximum Gasteiger partial charge on any atom is 0.258 e. The van der Waals surface area contributed by atoms with Gasteiger partial charge in [0.2, 0.25) is 5.16 Å². The second kappa shape index (κ2) is 6.93. The van der Waals surface area contributed by atoms with Gasteiger partial charge in [-0.15, -0.1) is 16.4 Å². The van der Waals surface area contributed by atoms with Gasteiger partial charge in [-0.05, 0) is 19.1 Å². The molecule has 0 spiro atoms. The molecular formula is C17H15N5O2S2. The lowest BCUT2D eigenvalue weighted by Gasteiger charge is -2.01. The first-order chi connectivity index (χ1) is 12.6. The molecule has 3 aromatic heterocycles. The third kappa shape index (κ3) is 3.23. The zero-order valence-electron chi connectivity index (χ0n) is 14.1. The van der Waals surface area contributed by atoms with E-state index in [9.17, 15) is 4.79 Å². The molecule has 9 heteroatoms. The lowest BCUT2D eigenvalue weighted by atomic mass is 10.2. The highest BCUT2D eigenvalue weighted by molar-refractivity contribution is 7.98. The van der Waals surface area contributed by atoms with E-state index in [-0.39, 0.29) is 5.56 Å². The minimum absolute atomic E-state index is 0.0589. The van der Waals surface area contributed by atoms with E-state index in [1.54, 1.807) is 17.6 Å². The lowest BCUT2D eigenvalue weighted by molar-refractivity contribution is 0.415. The molecule has 26 heavy (non-hydrogen) atoms. The van der Waals surface area contributed by atoms with Crippen LogP contribution in [0, 0.1) is 6.92 Å². The lowest BCUT2D eigenvalue weighted by Crippen LogP contribution is -2.14. The highest BCUT2D eigenvalue weighted by atomic mass is 32.2. The minimum atomic E-state index is -0.0589. The molecule has 0 aliphatic carbocycles. The van der Waals surface area contributed by atoms with E-state index in [4.69, 9.17) is 4.74 Å². The van der Waals surface area contributed by atoms with Crippen LogP contribution < -0.4 is 10.3 Å². The maximum absolute atomic E-state index is 12.2. The van der Waals surface area contributed by atoms with Gasteiger partial charge in [0, 0.05) is 28.5 Å². The summed E-state index contributed by atoms with van der Waals surface area (Å²) in [6.07, 6.45) is 0. The summed E-state index contributed by atoms with van der Waals surface area (Å²) in [6.45, 7) is 1.90. The van der Waals surface area contributed by atoms with Crippen LogP contribution in [-0.4, -0.2) is 31.7 Å². The van der Waals surface area contributed by atoms with E-state index in [0.29, 0.717) is 21.7 Å². The number of methoxy groups -OCH3 is 1. The number of nitrogens with zero attached hydrogens (tertiary/aromatic N) is 4. The number of H-pyrrole nitrogens is 1. The maximum atomic E-state index is 12.2. The molecule has 0 saturated carbocycles. The molecule has 0 amide bonds. The molecule has 0 bridgehead atoms. The van der Waals surface area contributed by atoms with Gasteiger partial charge in [-0.2, -0.15) is 0 Å². The second-order valence-electron chi connectivity index (χ2n) is 5.57. The molecule has 0 atom stereocenters. The predicted octanol–water partition coefficient (Wildman–Crippen LogP) is 3.15. The third-order valence-electron chi connectivity index (χ3n) is 3.79. The van der Waals surface area contributed by atoms with Crippen LogP contribution in [0.15, 0.2) is 45.7 Å². The Bertz CT molecular complexity index is 1130. The van der Waals surface area contributed by atoms with Gasteiger partial charge >= 0.3 is 0 Å². The number of hydrogen-bond donors (Lipinski definition) is 1. The van der Waals surface area contributed by atoms with Gasteiger partial charge < -0.3 is 4.74 Å². The van der Waals surface area contributed by atoms with Gasteiger partial charge in [0.25, 0.3) is 5.56 Å². The van der Waals surface area contributed by atoms with E-state index in [1.165, 1.54) is 23.1 Å². The van der Waals surface area contributed by atoms with Crippen molar-refractivity contribution in [2.45, 2.75) is 17.8 Å². The number of fused-ring (bicyclic) bond motifs is 1. The van der Waals surface area contributed by atoms with Gasteiger partial charge in [0.15, 0.2) is 10.8 Å². The van der Waals surface area contributed by atoms with Crippen molar-refractivity contribution in [1.82, 2.24) is 24.6 Å². The SMILES string of the molecule is COc1cccc(-c2nc(SCc3cc(=O)n4c(C)csc4n3)n[nH]2)c1. The molecule has 3 heterocycles. The fourth-order valence-corrected chi connectivity index (χ4v) is 4.11. The molecule has 0 radical (unpaired) electrons. The standard InChI is InChI=1S/C17H15N5O2S2/c1-10-8-26-17-18-12(7-14(23)22(10)17)9-25-16-19-15(20-21-16)11-4-3-5-13(6-11)24-2/h3-8H,9H2,1-2H3,(H,19,20,21). The first kappa shape index (κ1) is 16.8. The Hall–Kier alpha value is -2.65. The monoisotopic (exact) mass is 385 g/mol. The smallest absolute Gasteiger partial charge is 0.258 e. The normalized spacial score (nSPS) is 11.2. The van der Waals surface area contributed by atoms with Crippen molar-refractivity contribution in [2.75, 3.05) is 7.11 Å². The van der Waals surface area contributed by atoms with Crippen LogP contribution in [0.5, 0.6) is 5.75 Å². The average molecular weight is 385 g/mol. The zero-order chi connectivity index (χ0) is 18.1. The van der Waals surface area contributed by atoms with E-state index >= 15 is 0 Å². The van der Waals surface area contributed by atoms with Crippen LogP contribution in [0.1, 0.15) is 11.4 Å². The van der Waals surface area contributed by atoms with Crippen molar-refractivity contribution in [3.05, 3.63) is 57.5 Å². The van der Waals surface area contributed by atoms with E-state index in [2.05, 4.69) is 20.2 Å². The first-order valence-electron chi connectivity index (χ1n) is 7.80. The Kier molecular flexibility index (Phi) is 4.48. The van der Waals surface area contributed by atoms with Gasteiger partial charge in [-0.3, -0.25) is 14.3 Å². The van der Waals surface area contributed by atoms with Gasteiger partial charge in [0.1, 0.15) is 5.75 Å². The Morgan fingerprint density at radius 2 is 2.19 bits per heavy atom. The number of nitrogens with one attached hydrogen (secondary N) is 1. The van der Waals surface area contributed by atoms with Crippen LogP contribution in [0.4, 0.5) is 0 Å². The number of aromatic nitrogens is 5. The quantitative estimate of drug-likeness (QED) is 0.531. The molecule has 0 aliphatic heterocycles. The summed E-state index contributed by atoms with van der Waals surface area (Å²) >= 11 is 2.89. The van der Waals surface area contributed by atoms with Crippen LogP contribution in [0.3, 0.4) is 0 Å². The molecule has 4 rings (SSSR count). The highest BCUT2D eigenvalue weighted by Crippen LogP contribution is 2.24. The average Bonchev–Trinajstić information content (AvgIpc) is 3.27. The van der Waals surface area contributed by atoms with E-state index < -0.39 is 0 Å². The molecule has 1 N–H and O–H groups in total. The largest absolute Gasteiger partial charge is 0.497 e. The number of thiazole rings is 1. The zero-order valence-corrected chi connectivity index (χ0v) is 15.7. The van der Waals surface area contributed by atoms with Crippen LogP contribution in [-0.2, 0) is 5.75 Å². The fraction of sp³-hybridized carbons (Fsp3) is 0.176. The van der Waals surface area contributed by atoms with Crippen molar-refractivity contribution in [1.29, 1.82) is 0 Å². The highest BCUT2D eigenvalue weighted by Gasteiger charge is 2.10. The Balaban J connectivity index is 1.52. The third-order valence-corrected chi connectivity index (χ3v) is 5.61. The number of rotatable bonds is 5. The summed E-state index contributed by atoms with van der Waals surface area (Å²) in [4.78, 5) is 21.9. The van der Waals surface area contributed by atoms with Crippen LogP contribution in [0.2, 0.25) is 0 Å². The van der Waals surface area contributed by atoms with E-state index in [1.807, 2.05) is 36.6 Å². The summed E-state index contributed by atoms with van der Waals surface area (Å²) in [5, 5.41) is 9.69. The van der Waals surface area contributed by atoms with Crippen LogP contribution >= 0.6 is 23.1 Å². The van der Waals surface area contributed by atoms with Gasteiger partial charge in [0.05, 0.1) is 12.8 Å². The summed E-state index contributed by atoms with van der Waals surface area (Å²) < 4.78 is 6.85. The topological polar surface area (TPSA) is 85.2 Å². The van der Waals surface area contributed by atoms with Gasteiger partial charge in [-0.1, -0.05) is 23.9 Å². The molecular weight excluding hydrogens is 370 g/mol. The summed E-state index contributed by atoms with van der Waals surface area (Å²) in [7, 11) is 1.63. The molecule has 0 unspecified atom stereocenters. The van der Waals surface area contributed by atoms with E-state index in [0.717, 1.165) is 22.7 Å². The van der Waals surface area contributed by atoms with Crippen LogP contribution in [0.25, 0.3) is 16.3 Å². The molecule has 0 saturated heterocycles. The van der Waals surface area contributed by atoms with Crippen molar-refractivity contribution >= 4 is 28.1 Å². The Morgan fingerprint density at radius 3 is 3.04 bits per heavy atom. The molecule has 7 nitrogen and oxygen atoms in total. The van der Waals surface area contributed by atoms with Gasteiger partial charge in [-0.25, -0.2) is 9.97 Å². The van der Waals surface area contributed by atoms with Crippen molar-refractivity contribution in [3.63, 3.8) is 0 Å². The first-order valence-corrected chi connectivity index (χ1v) is 9.67. The number of aryl methyl sites for hydroxylation is 1. The molecule has 0 aliphatic rings. The van der Waals surface area contributed by atoms with Crippen molar-refractivity contribution in [3.8, 4) is 17.1 Å². The number of aromatic amines is 1. The second-order valence-corrected chi connectivity index (χ2v) is 7.35. The molecule has 4 aromatic rings. The van der Waals surface area contributed by atoms with Crippen molar-refractivity contribution < 1.29 is 4.74 Å². The van der Waals surface area contributed by atoms with Crippen molar-refractivity contribution in [2.24, 2.45) is 0 Å². The summed E-state index contributed by atoms with van der Waals surface area (Å²) in [6, 6.07) is 9.17. The predicted molar refractivity (Wildman–Crippen MR) is 102 cm³/mol.